The number of carbonyl (C=O) groups excluding carboxylic acids is 3. The fraction of sp³-hybridized carbons (Fsp3) is 0.273. The van der Waals surface area contributed by atoms with Crippen molar-refractivity contribution in [2.24, 2.45) is 0 Å². The molecule has 0 heterocycles. The van der Waals surface area contributed by atoms with E-state index in [1.165, 1.54) is 0 Å². The van der Waals surface area contributed by atoms with Crippen LogP contribution in [-0.2, 0) is 16.0 Å². The molecule has 0 spiro atoms. The maximum Gasteiger partial charge on any atom is 0.269 e. The number of carbonyl (C=O) groups is 3. The van der Waals surface area contributed by atoms with E-state index in [2.05, 4.69) is 21.5 Å². The Morgan fingerprint density at radius 1 is 0.933 bits per heavy atom. The summed E-state index contributed by atoms with van der Waals surface area (Å²) in [5, 5.41) is 5.31. The molecule has 0 aliphatic heterocycles. The molecule has 0 bridgehead atoms. The molecule has 0 fully saturated rings. The number of benzene rings is 2. The van der Waals surface area contributed by atoms with E-state index in [1.807, 2.05) is 38.1 Å². The molecule has 158 valence electrons. The maximum absolute atomic E-state index is 12.2. The van der Waals surface area contributed by atoms with E-state index in [0.717, 1.165) is 24.0 Å². The highest BCUT2D eigenvalue weighted by Gasteiger charge is 2.10. The molecule has 30 heavy (non-hydrogen) atoms. The second-order valence-electron chi connectivity index (χ2n) is 6.79. The van der Waals surface area contributed by atoms with E-state index in [1.54, 1.807) is 24.3 Å². The van der Waals surface area contributed by atoms with E-state index in [4.69, 9.17) is 12.2 Å². The minimum atomic E-state index is -0.422. The van der Waals surface area contributed by atoms with Crippen molar-refractivity contribution in [3.63, 3.8) is 0 Å². The van der Waals surface area contributed by atoms with E-state index in [9.17, 15) is 14.4 Å². The first kappa shape index (κ1) is 23.0. The number of hydrogen-bond acceptors (Lipinski definition) is 4. The van der Waals surface area contributed by atoms with Crippen LogP contribution in [-0.4, -0.2) is 22.8 Å². The van der Waals surface area contributed by atoms with Gasteiger partial charge in [0.25, 0.3) is 5.91 Å². The largest absolute Gasteiger partial charge is 0.326 e. The number of amides is 3. The summed E-state index contributed by atoms with van der Waals surface area (Å²) >= 11 is 5.05. The number of unbranched alkanes of at least 4 members (excludes halogenated alkanes) is 1. The first-order chi connectivity index (χ1) is 14.4. The molecule has 3 amide bonds. The normalized spacial score (nSPS) is 10.1. The van der Waals surface area contributed by atoms with Crippen LogP contribution >= 0.6 is 12.2 Å². The summed E-state index contributed by atoms with van der Waals surface area (Å²) in [7, 11) is 0. The van der Waals surface area contributed by atoms with E-state index in [0.29, 0.717) is 17.7 Å². The molecule has 0 aliphatic rings. The van der Waals surface area contributed by atoms with Crippen molar-refractivity contribution in [3.8, 4) is 0 Å². The van der Waals surface area contributed by atoms with Gasteiger partial charge in [0.15, 0.2) is 5.11 Å². The molecule has 4 N–H and O–H groups in total. The third kappa shape index (κ3) is 7.63. The lowest BCUT2D eigenvalue weighted by molar-refractivity contribution is -0.119. The third-order valence-electron chi connectivity index (χ3n) is 4.34. The smallest absolute Gasteiger partial charge is 0.269 e. The van der Waals surface area contributed by atoms with Crippen molar-refractivity contribution in [3.05, 3.63) is 65.2 Å². The average molecular weight is 427 g/mol. The zero-order chi connectivity index (χ0) is 21.9. The third-order valence-corrected chi connectivity index (χ3v) is 4.55. The molecule has 0 atom stereocenters. The van der Waals surface area contributed by atoms with Gasteiger partial charge in [-0.05, 0) is 61.0 Å². The highest BCUT2D eigenvalue weighted by atomic mass is 32.1. The van der Waals surface area contributed by atoms with E-state index in [-0.39, 0.29) is 23.3 Å². The molecule has 8 heteroatoms. The van der Waals surface area contributed by atoms with Gasteiger partial charge < -0.3 is 10.6 Å². The van der Waals surface area contributed by atoms with E-state index >= 15 is 0 Å². The number of aryl methyl sites for hydroxylation is 1. The Morgan fingerprint density at radius 3 is 2.30 bits per heavy atom. The molecule has 0 radical (unpaired) electrons. The monoisotopic (exact) mass is 426 g/mol. The predicted octanol–water partition coefficient (Wildman–Crippen LogP) is 3.00. The summed E-state index contributed by atoms with van der Waals surface area (Å²) in [6.45, 7) is 3.96. The average Bonchev–Trinajstić information content (AvgIpc) is 2.72. The second kappa shape index (κ2) is 11.7. The highest BCUT2D eigenvalue weighted by Crippen LogP contribution is 2.10. The molecular formula is C22H26N4O3S. The van der Waals surface area contributed by atoms with Crippen molar-refractivity contribution in [1.29, 1.82) is 0 Å². The fourth-order valence-corrected chi connectivity index (χ4v) is 2.80. The number of hydrazine groups is 1. The number of thiocarbonyl (C=S) groups is 1. The van der Waals surface area contributed by atoms with Gasteiger partial charge in [0.05, 0.1) is 6.42 Å². The minimum Gasteiger partial charge on any atom is -0.326 e. The van der Waals surface area contributed by atoms with E-state index < -0.39 is 5.91 Å². The molecule has 7 nitrogen and oxygen atoms in total. The topological polar surface area (TPSA) is 99.3 Å². The Kier molecular flexibility index (Phi) is 8.96. The van der Waals surface area contributed by atoms with Gasteiger partial charge in [0.2, 0.25) is 11.8 Å². The Bertz CT molecular complexity index is 913. The van der Waals surface area contributed by atoms with Crippen LogP contribution < -0.4 is 21.5 Å². The zero-order valence-electron chi connectivity index (χ0n) is 17.1. The lowest BCUT2D eigenvalue weighted by Crippen LogP contribution is -2.48. The lowest BCUT2D eigenvalue weighted by Gasteiger charge is -2.12. The Labute approximate surface area is 181 Å². The van der Waals surface area contributed by atoms with Crippen LogP contribution in [0.5, 0.6) is 0 Å². The molecule has 2 aromatic carbocycles. The molecule has 2 aromatic rings. The molecule has 0 aromatic heterocycles. The van der Waals surface area contributed by atoms with Gasteiger partial charge in [0, 0.05) is 17.7 Å². The molecule has 0 saturated heterocycles. The van der Waals surface area contributed by atoms with Crippen LogP contribution in [0.1, 0.15) is 47.7 Å². The van der Waals surface area contributed by atoms with Gasteiger partial charge in [-0.1, -0.05) is 37.6 Å². The number of nitrogens with one attached hydrogen (secondary N) is 4. The number of hydrogen-bond donors (Lipinski definition) is 4. The number of anilines is 1. The summed E-state index contributed by atoms with van der Waals surface area (Å²) in [6, 6.07) is 14.1. The van der Waals surface area contributed by atoms with Crippen molar-refractivity contribution in [2.75, 3.05) is 5.32 Å². The van der Waals surface area contributed by atoms with Crippen LogP contribution in [0, 0.1) is 6.92 Å². The van der Waals surface area contributed by atoms with Crippen molar-refractivity contribution in [1.82, 2.24) is 16.2 Å². The van der Waals surface area contributed by atoms with Gasteiger partial charge in [-0.15, -0.1) is 0 Å². The van der Waals surface area contributed by atoms with Gasteiger partial charge in [-0.3, -0.25) is 25.2 Å². The molecule has 2 rings (SSSR count). The standard InChI is InChI=1S/C22H26N4O3S/c1-3-4-9-19(27)23-18-12-10-16(11-13-18)21(29)25-26-22(30)24-20(28)14-17-8-6-5-7-15(17)2/h5-8,10-13H,3-4,9,14H2,1-2H3,(H,23,27)(H,25,29)(H2,24,26,28,30). The first-order valence-electron chi connectivity index (χ1n) is 9.73. The van der Waals surface area contributed by atoms with Crippen LogP contribution in [0.25, 0.3) is 0 Å². The summed E-state index contributed by atoms with van der Waals surface area (Å²) in [6.07, 6.45) is 2.44. The SMILES string of the molecule is CCCCC(=O)Nc1ccc(C(=O)NNC(=S)NC(=O)Cc2ccccc2C)cc1. The first-order valence-corrected chi connectivity index (χ1v) is 10.1. The molecular weight excluding hydrogens is 400 g/mol. The van der Waals surface area contributed by atoms with Crippen molar-refractivity contribution >= 4 is 40.7 Å². The summed E-state index contributed by atoms with van der Waals surface area (Å²) in [4.78, 5) is 36.0. The maximum atomic E-state index is 12.2. The highest BCUT2D eigenvalue weighted by molar-refractivity contribution is 7.80. The van der Waals surface area contributed by atoms with Gasteiger partial charge >= 0.3 is 0 Å². The van der Waals surface area contributed by atoms with Gasteiger partial charge in [-0.2, -0.15) is 0 Å². The summed E-state index contributed by atoms with van der Waals surface area (Å²) in [5.74, 6) is -0.754. The fourth-order valence-electron chi connectivity index (χ4n) is 2.63. The summed E-state index contributed by atoms with van der Waals surface area (Å²) in [5.41, 5.74) is 7.87. The number of rotatable bonds is 7. The molecule has 0 saturated carbocycles. The van der Waals surface area contributed by atoms with Crippen LogP contribution in [0.15, 0.2) is 48.5 Å². The van der Waals surface area contributed by atoms with Crippen molar-refractivity contribution < 1.29 is 14.4 Å². The predicted molar refractivity (Wildman–Crippen MR) is 121 cm³/mol. The molecule has 0 unspecified atom stereocenters. The van der Waals surface area contributed by atoms with Crippen LogP contribution in [0.2, 0.25) is 0 Å². The Morgan fingerprint density at radius 2 is 1.63 bits per heavy atom. The quantitative estimate of drug-likeness (QED) is 0.403. The lowest BCUT2D eigenvalue weighted by atomic mass is 10.1. The minimum absolute atomic E-state index is 0.00161. The Balaban J connectivity index is 1.77. The summed E-state index contributed by atoms with van der Waals surface area (Å²) < 4.78 is 0. The van der Waals surface area contributed by atoms with Gasteiger partial charge in [-0.25, -0.2) is 0 Å². The zero-order valence-corrected chi connectivity index (χ0v) is 17.9. The van der Waals surface area contributed by atoms with Gasteiger partial charge in [0.1, 0.15) is 0 Å². The second-order valence-corrected chi connectivity index (χ2v) is 7.20. The van der Waals surface area contributed by atoms with Crippen LogP contribution in [0.3, 0.4) is 0 Å². The molecule has 0 aliphatic carbocycles. The Hall–Kier alpha value is -3.26. The van der Waals surface area contributed by atoms with Crippen LogP contribution in [0.4, 0.5) is 5.69 Å². The van der Waals surface area contributed by atoms with Crippen molar-refractivity contribution in [2.45, 2.75) is 39.5 Å².